The number of nitrogens with zero attached hydrogens (tertiary/aromatic N) is 2. The highest BCUT2D eigenvalue weighted by Crippen LogP contribution is 2.37. The maximum Gasteiger partial charge on any atom is 0.227 e. The van der Waals surface area contributed by atoms with E-state index in [1.165, 1.54) is 11.1 Å². The number of aromatic nitrogens is 2. The van der Waals surface area contributed by atoms with Gasteiger partial charge in [0.05, 0.1) is 5.69 Å². The summed E-state index contributed by atoms with van der Waals surface area (Å²) in [6.45, 7) is 8.51. The number of benzene rings is 2. The van der Waals surface area contributed by atoms with Crippen LogP contribution in [0, 0.1) is 13.8 Å². The minimum absolute atomic E-state index is 0.503. The monoisotopic (exact) mass is 392 g/mol. The van der Waals surface area contributed by atoms with Gasteiger partial charge >= 0.3 is 0 Å². The zero-order valence-corrected chi connectivity index (χ0v) is 17.7. The third-order valence-corrected chi connectivity index (χ3v) is 5.76. The molecule has 5 aromatic rings. The minimum atomic E-state index is 0.503. The maximum absolute atomic E-state index is 6.21. The SMILES string of the molecule is Cc1ccc2c(n1)oc1c(-c3ccc(-c4cccc(C(C)C)c4)cn3)c(C)ccc12. The standard InChI is InChI=1S/C27H24N2O/c1-16(2)19-6-5-7-20(14-19)21-10-13-24(28-15-21)25-17(3)8-11-22-23-12-9-18(4)29-27(23)30-26(22)25/h5-16H,1-4H3. The molecule has 0 saturated heterocycles. The van der Waals surface area contributed by atoms with Crippen LogP contribution in [0.5, 0.6) is 0 Å². The predicted octanol–water partition coefficient (Wildman–Crippen LogP) is 7.45. The number of aryl methyl sites for hydroxylation is 2. The molecule has 0 aliphatic carbocycles. The summed E-state index contributed by atoms with van der Waals surface area (Å²) < 4.78 is 6.21. The van der Waals surface area contributed by atoms with E-state index in [4.69, 9.17) is 9.40 Å². The van der Waals surface area contributed by atoms with Crippen LogP contribution < -0.4 is 0 Å². The van der Waals surface area contributed by atoms with Crippen LogP contribution in [0.25, 0.3) is 44.5 Å². The average molecular weight is 393 g/mol. The molecule has 0 amide bonds. The van der Waals surface area contributed by atoms with Crippen molar-refractivity contribution in [3.05, 3.63) is 83.7 Å². The summed E-state index contributed by atoms with van der Waals surface area (Å²) in [5.74, 6) is 0.503. The second kappa shape index (κ2) is 7.10. The first-order valence-electron chi connectivity index (χ1n) is 10.4. The van der Waals surface area contributed by atoms with Crippen molar-refractivity contribution in [2.75, 3.05) is 0 Å². The molecule has 0 bridgehead atoms. The van der Waals surface area contributed by atoms with Gasteiger partial charge in [-0.05, 0) is 54.7 Å². The zero-order valence-electron chi connectivity index (χ0n) is 17.7. The first-order valence-corrected chi connectivity index (χ1v) is 10.4. The molecule has 0 fully saturated rings. The Morgan fingerprint density at radius 1 is 0.833 bits per heavy atom. The summed E-state index contributed by atoms with van der Waals surface area (Å²) in [5, 5.41) is 2.12. The van der Waals surface area contributed by atoms with Gasteiger partial charge in [-0.3, -0.25) is 4.98 Å². The Balaban J connectivity index is 1.63. The smallest absolute Gasteiger partial charge is 0.227 e. The summed E-state index contributed by atoms with van der Waals surface area (Å²) in [6.07, 6.45) is 1.96. The highest BCUT2D eigenvalue weighted by Gasteiger charge is 2.16. The fourth-order valence-electron chi connectivity index (χ4n) is 4.02. The average Bonchev–Trinajstić information content (AvgIpc) is 3.11. The lowest BCUT2D eigenvalue weighted by Crippen LogP contribution is -1.90. The zero-order chi connectivity index (χ0) is 20.8. The number of hydrogen-bond donors (Lipinski definition) is 0. The Hall–Kier alpha value is -3.46. The number of pyridine rings is 2. The van der Waals surface area contributed by atoms with Crippen LogP contribution >= 0.6 is 0 Å². The number of fused-ring (bicyclic) bond motifs is 3. The quantitative estimate of drug-likeness (QED) is 0.320. The summed E-state index contributed by atoms with van der Waals surface area (Å²) in [5.41, 5.74) is 9.22. The van der Waals surface area contributed by atoms with Crippen molar-refractivity contribution in [1.82, 2.24) is 9.97 Å². The Kier molecular flexibility index (Phi) is 4.39. The molecule has 0 spiro atoms. The summed E-state index contributed by atoms with van der Waals surface area (Å²) in [4.78, 5) is 9.38. The third kappa shape index (κ3) is 3.07. The van der Waals surface area contributed by atoms with Gasteiger partial charge in [-0.25, -0.2) is 4.98 Å². The van der Waals surface area contributed by atoms with Crippen LogP contribution in [0.1, 0.15) is 36.6 Å². The topological polar surface area (TPSA) is 38.9 Å². The fraction of sp³-hybridized carbons (Fsp3) is 0.185. The minimum Gasteiger partial charge on any atom is -0.437 e. The molecule has 3 heterocycles. The predicted molar refractivity (Wildman–Crippen MR) is 124 cm³/mol. The van der Waals surface area contributed by atoms with Crippen LogP contribution in [0.15, 0.2) is 71.3 Å². The molecule has 0 saturated carbocycles. The van der Waals surface area contributed by atoms with Gasteiger partial charge in [0.1, 0.15) is 5.58 Å². The van der Waals surface area contributed by atoms with Crippen LogP contribution in [0.3, 0.4) is 0 Å². The summed E-state index contributed by atoms with van der Waals surface area (Å²) in [7, 11) is 0. The molecule has 3 nitrogen and oxygen atoms in total. The van der Waals surface area contributed by atoms with Crippen LogP contribution in [-0.2, 0) is 0 Å². The van der Waals surface area contributed by atoms with Gasteiger partial charge in [0, 0.05) is 33.8 Å². The molecule has 30 heavy (non-hydrogen) atoms. The molecule has 5 rings (SSSR count). The lowest BCUT2D eigenvalue weighted by atomic mass is 9.97. The first-order chi connectivity index (χ1) is 14.5. The molecule has 0 aliphatic heterocycles. The lowest BCUT2D eigenvalue weighted by Gasteiger charge is -2.10. The normalized spacial score (nSPS) is 11.6. The molecule has 3 heteroatoms. The van der Waals surface area contributed by atoms with Gasteiger partial charge in [-0.15, -0.1) is 0 Å². The Morgan fingerprint density at radius 2 is 1.67 bits per heavy atom. The third-order valence-electron chi connectivity index (χ3n) is 5.76. The van der Waals surface area contributed by atoms with Gasteiger partial charge in [0.15, 0.2) is 0 Å². The van der Waals surface area contributed by atoms with Crippen molar-refractivity contribution in [2.45, 2.75) is 33.6 Å². The van der Waals surface area contributed by atoms with E-state index in [0.29, 0.717) is 11.6 Å². The molecule has 148 valence electrons. The Labute approximate surface area is 176 Å². The van der Waals surface area contributed by atoms with Crippen molar-refractivity contribution in [3.8, 4) is 22.4 Å². The van der Waals surface area contributed by atoms with E-state index in [1.54, 1.807) is 0 Å². The van der Waals surface area contributed by atoms with Gasteiger partial charge in [-0.1, -0.05) is 56.3 Å². The van der Waals surface area contributed by atoms with E-state index in [9.17, 15) is 0 Å². The van der Waals surface area contributed by atoms with Crippen LogP contribution in [-0.4, -0.2) is 9.97 Å². The van der Waals surface area contributed by atoms with Crippen LogP contribution in [0.2, 0.25) is 0 Å². The van der Waals surface area contributed by atoms with Gasteiger partial charge in [0.25, 0.3) is 0 Å². The largest absolute Gasteiger partial charge is 0.437 e. The molecular weight excluding hydrogens is 368 g/mol. The fourth-order valence-corrected chi connectivity index (χ4v) is 4.02. The van der Waals surface area contributed by atoms with Crippen molar-refractivity contribution in [1.29, 1.82) is 0 Å². The molecule has 0 atom stereocenters. The van der Waals surface area contributed by atoms with Crippen molar-refractivity contribution < 1.29 is 4.42 Å². The molecule has 0 aliphatic rings. The number of rotatable bonds is 3. The summed E-state index contributed by atoms with van der Waals surface area (Å²) in [6, 6.07) is 21.3. The Morgan fingerprint density at radius 3 is 2.43 bits per heavy atom. The highest BCUT2D eigenvalue weighted by atomic mass is 16.3. The highest BCUT2D eigenvalue weighted by molar-refractivity contribution is 6.09. The molecule has 0 N–H and O–H groups in total. The van der Waals surface area contributed by atoms with E-state index in [2.05, 4.69) is 80.4 Å². The number of hydrogen-bond acceptors (Lipinski definition) is 3. The van der Waals surface area contributed by atoms with Crippen molar-refractivity contribution in [3.63, 3.8) is 0 Å². The van der Waals surface area contributed by atoms with Gasteiger partial charge in [0.2, 0.25) is 5.71 Å². The van der Waals surface area contributed by atoms with E-state index in [0.717, 1.165) is 44.4 Å². The van der Waals surface area contributed by atoms with Gasteiger partial charge in [-0.2, -0.15) is 0 Å². The van der Waals surface area contributed by atoms with E-state index in [1.807, 2.05) is 19.2 Å². The van der Waals surface area contributed by atoms with Gasteiger partial charge < -0.3 is 4.42 Å². The van der Waals surface area contributed by atoms with Crippen LogP contribution in [0.4, 0.5) is 0 Å². The van der Waals surface area contributed by atoms with Crippen molar-refractivity contribution >= 4 is 22.1 Å². The van der Waals surface area contributed by atoms with E-state index < -0.39 is 0 Å². The summed E-state index contributed by atoms with van der Waals surface area (Å²) >= 11 is 0. The first kappa shape index (κ1) is 18.6. The number of furan rings is 1. The van der Waals surface area contributed by atoms with E-state index in [-0.39, 0.29) is 0 Å². The van der Waals surface area contributed by atoms with Crippen molar-refractivity contribution in [2.24, 2.45) is 0 Å². The molecule has 2 aromatic carbocycles. The lowest BCUT2D eigenvalue weighted by molar-refractivity contribution is 0.653. The molecule has 0 radical (unpaired) electrons. The Bertz CT molecular complexity index is 1380. The maximum atomic E-state index is 6.21. The second-order valence-corrected chi connectivity index (χ2v) is 8.25. The second-order valence-electron chi connectivity index (χ2n) is 8.25. The molecule has 3 aromatic heterocycles. The molecular formula is C27H24N2O. The van der Waals surface area contributed by atoms with E-state index >= 15 is 0 Å². The molecule has 0 unspecified atom stereocenters.